The largest absolute Gasteiger partial charge is 0.494 e. The van der Waals surface area contributed by atoms with Crippen molar-refractivity contribution in [3.8, 4) is 5.75 Å². The second kappa shape index (κ2) is 6.83. The van der Waals surface area contributed by atoms with Crippen LogP contribution in [0.2, 0.25) is 0 Å². The molecule has 2 amide bonds. The van der Waals surface area contributed by atoms with Crippen LogP contribution in [0.5, 0.6) is 5.75 Å². The molecule has 1 aromatic carbocycles. The monoisotopic (exact) mass is 330 g/mol. The van der Waals surface area contributed by atoms with Crippen molar-refractivity contribution in [2.45, 2.75) is 6.92 Å². The smallest absolute Gasteiger partial charge is 0.263 e. The minimum atomic E-state index is -0.148. The minimum Gasteiger partial charge on any atom is -0.494 e. The Balaban J connectivity index is 1.50. The molecule has 1 saturated heterocycles. The van der Waals surface area contributed by atoms with Crippen molar-refractivity contribution in [1.29, 1.82) is 0 Å². The highest BCUT2D eigenvalue weighted by Gasteiger charge is 2.36. The number of ether oxygens (including phenoxy) is 1. The molecule has 1 aromatic heterocycles. The predicted octanol–water partition coefficient (Wildman–Crippen LogP) is 2.86. The van der Waals surface area contributed by atoms with Crippen LogP contribution >= 0.6 is 11.3 Å². The van der Waals surface area contributed by atoms with Gasteiger partial charge in [-0.1, -0.05) is 6.07 Å². The molecule has 0 saturated carbocycles. The summed E-state index contributed by atoms with van der Waals surface area (Å²) in [6, 6.07) is 10.9. The first-order valence-electron chi connectivity index (χ1n) is 7.54. The van der Waals surface area contributed by atoms with E-state index in [0.29, 0.717) is 19.7 Å². The first-order chi connectivity index (χ1) is 11.2. The Morgan fingerprint density at radius 2 is 2.00 bits per heavy atom. The number of benzene rings is 1. The van der Waals surface area contributed by atoms with Gasteiger partial charge in [0.2, 0.25) is 5.91 Å². The van der Waals surface area contributed by atoms with E-state index in [1.54, 1.807) is 11.0 Å². The van der Waals surface area contributed by atoms with Crippen LogP contribution in [0.1, 0.15) is 16.6 Å². The fraction of sp³-hybridized carbons (Fsp3) is 0.294. The van der Waals surface area contributed by atoms with Crippen LogP contribution in [0.3, 0.4) is 0 Å². The fourth-order valence-electron chi connectivity index (χ4n) is 2.41. The Kier molecular flexibility index (Phi) is 4.62. The normalized spacial score (nSPS) is 14.2. The van der Waals surface area contributed by atoms with Crippen LogP contribution in [0.25, 0.3) is 0 Å². The number of hydrogen-bond acceptors (Lipinski definition) is 4. The molecule has 1 N–H and O–H groups in total. The zero-order valence-corrected chi connectivity index (χ0v) is 13.6. The second-order valence-corrected chi connectivity index (χ2v) is 6.28. The molecule has 0 bridgehead atoms. The lowest BCUT2D eigenvalue weighted by atomic mass is 9.98. The molecule has 0 spiro atoms. The summed E-state index contributed by atoms with van der Waals surface area (Å²) in [4.78, 5) is 26.7. The zero-order valence-electron chi connectivity index (χ0n) is 12.8. The maximum atomic E-state index is 12.2. The average Bonchev–Trinajstić information content (AvgIpc) is 3.02. The predicted molar refractivity (Wildman–Crippen MR) is 90.0 cm³/mol. The number of rotatable bonds is 5. The van der Waals surface area contributed by atoms with Crippen LogP contribution < -0.4 is 10.1 Å². The molecule has 2 heterocycles. The molecule has 0 unspecified atom stereocenters. The van der Waals surface area contributed by atoms with Gasteiger partial charge in [0.15, 0.2) is 0 Å². The number of nitrogens with one attached hydrogen (secondary N) is 1. The highest BCUT2D eigenvalue weighted by molar-refractivity contribution is 7.12. The maximum absolute atomic E-state index is 12.2. The number of thiophene rings is 1. The van der Waals surface area contributed by atoms with Crippen molar-refractivity contribution in [2.75, 3.05) is 25.0 Å². The third-order valence-electron chi connectivity index (χ3n) is 3.70. The Bertz CT molecular complexity index is 676. The van der Waals surface area contributed by atoms with E-state index in [1.807, 2.05) is 42.6 Å². The molecule has 1 aliphatic rings. The zero-order chi connectivity index (χ0) is 16.2. The van der Waals surface area contributed by atoms with Crippen LogP contribution in [0.15, 0.2) is 41.8 Å². The summed E-state index contributed by atoms with van der Waals surface area (Å²) in [5, 5.41) is 4.76. The van der Waals surface area contributed by atoms with Crippen molar-refractivity contribution in [3.63, 3.8) is 0 Å². The maximum Gasteiger partial charge on any atom is 0.263 e. The highest BCUT2D eigenvalue weighted by atomic mass is 32.1. The van der Waals surface area contributed by atoms with Gasteiger partial charge in [-0.2, -0.15) is 0 Å². The molecule has 0 aliphatic carbocycles. The Labute approximate surface area is 138 Å². The Morgan fingerprint density at radius 1 is 1.26 bits per heavy atom. The van der Waals surface area contributed by atoms with E-state index in [0.717, 1.165) is 16.3 Å². The Hall–Kier alpha value is -2.34. The van der Waals surface area contributed by atoms with E-state index in [-0.39, 0.29) is 17.7 Å². The summed E-state index contributed by atoms with van der Waals surface area (Å²) >= 11 is 1.42. The van der Waals surface area contributed by atoms with Crippen molar-refractivity contribution < 1.29 is 14.3 Å². The number of carbonyl (C=O) groups excluding carboxylic acids is 2. The minimum absolute atomic E-state index is 0.00474. The lowest BCUT2D eigenvalue weighted by molar-refractivity contribution is -0.123. The van der Waals surface area contributed by atoms with Gasteiger partial charge in [0.05, 0.1) is 17.4 Å². The molecule has 23 heavy (non-hydrogen) atoms. The number of hydrogen-bond donors (Lipinski definition) is 1. The first-order valence-corrected chi connectivity index (χ1v) is 8.42. The SMILES string of the molecule is CCOc1ccc(NC(=O)C2CN(C(=O)c3cccs3)C2)cc1. The van der Waals surface area contributed by atoms with Gasteiger partial charge in [-0.15, -0.1) is 11.3 Å². The summed E-state index contributed by atoms with van der Waals surface area (Å²) in [5.74, 6) is 0.585. The van der Waals surface area contributed by atoms with Crippen LogP contribution in [-0.4, -0.2) is 36.4 Å². The number of amides is 2. The van der Waals surface area contributed by atoms with Crippen LogP contribution in [0.4, 0.5) is 5.69 Å². The summed E-state index contributed by atoms with van der Waals surface area (Å²) < 4.78 is 5.37. The summed E-state index contributed by atoms with van der Waals surface area (Å²) in [6.45, 7) is 3.48. The standard InChI is InChI=1S/C17H18N2O3S/c1-2-22-14-7-5-13(6-8-14)18-16(20)12-10-19(11-12)17(21)15-4-3-9-23-15/h3-9,12H,2,10-11H2,1H3,(H,18,20). The number of anilines is 1. The van der Waals surface area contributed by atoms with E-state index < -0.39 is 0 Å². The molecule has 0 atom stereocenters. The van der Waals surface area contributed by atoms with Gasteiger partial charge in [0.1, 0.15) is 5.75 Å². The average molecular weight is 330 g/mol. The fourth-order valence-corrected chi connectivity index (χ4v) is 3.10. The molecule has 1 aliphatic heterocycles. The van der Waals surface area contributed by atoms with Crippen molar-refractivity contribution in [1.82, 2.24) is 4.90 Å². The first kappa shape index (κ1) is 15.6. The molecule has 6 heteroatoms. The molecule has 5 nitrogen and oxygen atoms in total. The molecular formula is C17H18N2O3S. The van der Waals surface area contributed by atoms with Gasteiger partial charge >= 0.3 is 0 Å². The number of nitrogens with zero attached hydrogens (tertiary/aromatic N) is 1. The van der Waals surface area contributed by atoms with E-state index in [9.17, 15) is 9.59 Å². The van der Waals surface area contributed by atoms with E-state index >= 15 is 0 Å². The van der Waals surface area contributed by atoms with Gasteiger partial charge in [0, 0.05) is 18.8 Å². The lowest BCUT2D eigenvalue weighted by Gasteiger charge is -2.37. The summed E-state index contributed by atoms with van der Waals surface area (Å²) in [6.07, 6.45) is 0. The topological polar surface area (TPSA) is 58.6 Å². The van der Waals surface area contributed by atoms with Gasteiger partial charge in [-0.3, -0.25) is 9.59 Å². The third kappa shape index (κ3) is 3.53. The highest BCUT2D eigenvalue weighted by Crippen LogP contribution is 2.23. The van der Waals surface area contributed by atoms with Crippen LogP contribution in [0, 0.1) is 5.92 Å². The van der Waals surface area contributed by atoms with E-state index in [4.69, 9.17) is 4.74 Å². The summed E-state index contributed by atoms with van der Waals surface area (Å²) in [7, 11) is 0. The molecular weight excluding hydrogens is 312 g/mol. The third-order valence-corrected chi connectivity index (χ3v) is 4.56. The number of carbonyl (C=O) groups is 2. The van der Waals surface area contributed by atoms with E-state index in [2.05, 4.69) is 5.32 Å². The molecule has 1 fully saturated rings. The van der Waals surface area contributed by atoms with Gasteiger partial charge < -0.3 is 15.0 Å². The quantitative estimate of drug-likeness (QED) is 0.917. The van der Waals surface area contributed by atoms with Gasteiger partial charge in [-0.05, 0) is 42.6 Å². The van der Waals surface area contributed by atoms with Gasteiger partial charge in [-0.25, -0.2) is 0 Å². The molecule has 0 radical (unpaired) electrons. The van der Waals surface area contributed by atoms with Crippen LogP contribution in [-0.2, 0) is 4.79 Å². The molecule has 3 rings (SSSR count). The number of likely N-dealkylation sites (tertiary alicyclic amines) is 1. The second-order valence-electron chi connectivity index (χ2n) is 5.33. The summed E-state index contributed by atoms with van der Waals surface area (Å²) in [5.41, 5.74) is 0.737. The van der Waals surface area contributed by atoms with Crippen molar-refractivity contribution >= 4 is 28.8 Å². The molecule has 120 valence electrons. The van der Waals surface area contributed by atoms with E-state index in [1.165, 1.54) is 11.3 Å². The Morgan fingerprint density at radius 3 is 2.61 bits per heavy atom. The molecule has 2 aromatic rings. The lowest BCUT2D eigenvalue weighted by Crippen LogP contribution is -2.54. The van der Waals surface area contributed by atoms with Crippen molar-refractivity contribution in [3.05, 3.63) is 46.7 Å². The van der Waals surface area contributed by atoms with Crippen molar-refractivity contribution in [2.24, 2.45) is 5.92 Å². The van der Waals surface area contributed by atoms with Gasteiger partial charge in [0.25, 0.3) is 5.91 Å².